The number of ether oxygens (including phenoxy) is 1. The smallest absolute Gasteiger partial charge is 0.244 e. The van der Waals surface area contributed by atoms with Gasteiger partial charge in [0.15, 0.2) is 0 Å². The Morgan fingerprint density at radius 2 is 2.04 bits per heavy atom. The van der Waals surface area contributed by atoms with Crippen molar-refractivity contribution < 1.29 is 13.9 Å². The van der Waals surface area contributed by atoms with Crippen LogP contribution in [0.25, 0.3) is 16.5 Å². The van der Waals surface area contributed by atoms with Crippen LogP contribution in [-0.4, -0.2) is 18.0 Å². The fourth-order valence-corrected chi connectivity index (χ4v) is 3.27. The molecule has 0 bridgehead atoms. The van der Waals surface area contributed by atoms with Gasteiger partial charge >= 0.3 is 0 Å². The van der Waals surface area contributed by atoms with Crippen LogP contribution in [0.5, 0.6) is 5.88 Å². The lowest BCUT2D eigenvalue weighted by Gasteiger charge is -2.06. The number of aromatic nitrogens is 1. The minimum atomic E-state index is -0.257. The Morgan fingerprint density at radius 1 is 1.23 bits per heavy atom. The van der Waals surface area contributed by atoms with E-state index in [9.17, 15) is 9.18 Å². The van der Waals surface area contributed by atoms with Crippen LogP contribution in [0.2, 0.25) is 0 Å². The second-order valence-electron chi connectivity index (χ2n) is 5.43. The largest absolute Gasteiger partial charge is 0.481 e. The molecule has 3 aromatic rings. The predicted molar refractivity (Wildman–Crippen MR) is 101 cm³/mol. The molecule has 4 nitrogen and oxygen atoms in total. The van der Waals surface area contributed by atoms with Crippen molar-refractivity contribution in [2.24, 2.45) is 0 Å². The van der Waals surface area contributed by atoms with Gasteiger partial charge in [0.25, 0.3) is 0 Å². The van der Waals surface area contributed by atoms with Crippen molar-refractivity contribution in [1.29, 1.82) is 0 Å². The summed E-state index contributed by atoms with van der Waals surface area (Å²) < 4.78 is 18.2. The zero-order valence-corrected chi connectivity index (χ0v) is 14.9. The molecule has 1 amide bonds. The molecular weight excluding hydrogens is 351 g/mol. The summed E-state index contributed by atoms with van der Waals surface area (Å²) in [4.78, 5) is 18.1. The van der Waals surface area contributed by atoms with Gasteiger partial charge < -0.3 is 10.1 Å². The monoisotopic (exact) mass is 368 g/mol. The molecule has 26 heavy (non-hydrogen) atoms. The first-order valence-corrected chi connectivity index (χ1v) is 8.77. The standard InChI is InChI=1S/C20H17FN2O2S/c1-25-20-15(3-2-12-22-20)13-23-19(24)11-9-17-8-10-18(26-17)14-4-6-16(21)7-5-14/h2-12H,13H2,1H3,(H,23,24)/b11-9+. The van der Waals surface area contributed by atoms with Gasteiger partial charge in [-0.3, -0.25) is 4.79 Å². The summed E-state index contributed by atoms with van der Waals surface area (Å²) in [6.45, 7) is 0.339. The van der Waals surface area contributed by atoms with E-state index in [4.69, 9.17) is 4.74 Å². The maximum Gasteiger partial charge on any atom is 0.244 e. The van der Waals surface area contributed by atoms with Crippen LogP contribution >= 0.6 is 11.3 Å². The van der Waals surface area contributed by atoms with Crippen LogP contribution in [0.15, 0.2) is 60.8 Å². The number of rotatable bonds is 6. The molecule has 0 radical (unpaired) electrons. The summed E-state index contributed by atoms with van der Waals surface area (Å²) >= 11 is 1.54. The molecule has 0 aliphatic heterocycles. The highest BCUT2D eigenvalue weighted by Crippen LogP contribution is 2.28. The lowest BCUT2D eigenvalue weighted by atomic mass is 10.2. The molecule has 0 saturated heterocycles. The molecule has 1 aromatic carbocycles. The number of carbonyl (C=O) groups is 1. The first-order valence-electron chi connectivity index (χ1n) is 7.95. The molecule has 0 saturated carbocycles. The summed E-state index contributed by atoms with van der Waals surface area (Å²) in [5.41, 5.74) is 1.76. The number of hydrogen-bond acceptors (Lipinski definition) is 4. The van der Waals surface area contributed by atoms with E-state index in [0.29, 0.717) is 12.4 Å². The lowest BCUT2D eigenvalue weighted by molar-refractivity contribution is -0.116. The topological polar surface area (TPSA) is 51.2 Å². The molecule has 0 fully saturated rings. The molecule has 0 unspecified atom stereocenters. The molecule has 0 spiro atoms. The highest BCUT2D eigenvalue weighted by Gasteiger charge is 2.05. The lowest BCUT2D eigenvalue weighted by Crippen LogP contribution is -2.20. The first-order chi connectivity index (χ1) is 12.7. The molecule has 0 aliphatic rings. The van der Waals surface area contributed by atoms with E-state index in [0.717, 1.165) is 20.9 Å². The average Bonchev–Trinajstić information content (AvgIpc) is 3.14. The normalized spacial score (nSPS) is 10.8. The number of hydrogen-bond donors (Lipinski definition) is 1. The van der Waals surface area contributed by atoms with Gasteiger partial charge in [0.2, 0.25) is 11.8 Å². The maximum absolute atomic E-state index is 13.0. The molecule has 132 valence electrons. The van der Waals surface area contributed by atoms with Crippen LogP contribution in [-0.2, 0) is 11.3 Å². The van der Waals surface area contributed by atoms with E-state index < -0.39 is 0 Å². The number of benzene rings is 1. The number of amides is 1. The molecule has 6 heteroatoms. The van der Waals surface area contributed by atoms with E-state index in [1.807, 2.05) is 18.2 Å². The second kappa shape index (κ2) is 8.40. The molecule has 2 heterocycles. The number of pyridine rings is 1. The van der Waals surface area contributed by atoms with Gasteiger partial charge in [-0.15, -0.1) is 11.3 Å². The number of nitrogens with one attached hydrogen (secondary N) is 1. The van der Waals surface area contributed by atoms with Crippen molar-refractivity contribution in [2.45, 2.75) is 6.54 Å². The van der Waals surface area contributed by atoms with E-state index in [2.05, 4.69) is 10.3 Å². The van der Waals surface area contributed by atoms with E-state index in [-0.39, 0.29) is 11.7 Å². The SMILES string of the molecule is COc1ncccc1CNC(=O)/C=C/c1ccc(-c2ccc(F)cc2)s1. The number of carbonyl (C=O) groups excluding carboxylic acids is 1. The van der Waals surface area contributed by atoms with Crippen LogP contribution in [0.4, 0.5) is 4.39 Å². The zero-order valence-electron chi connectivity index (χ0n) is 14.1. The third kappa shape index (κ3) is 4.55. The number of halogens is 1. The van der Waals surface area contributed by atoms with Gasteiger partial charge in [-0.1, -0.05) is 18.2 Å². The highest BCUT2D eigenvalue weighted by atomic mass is 32.1. The van der Waals surface area contributed by atoms with Gasteiger partial charge in [0.1, 0.15) is 5.82 Å². The van der Waals surface area contributed by atoms with Crippen molar-refractivity contribution in [3.8, 4) is 16.3 Å². The van der Waals surface area contributed by atoms with Crippen molar-refractivity contribution in [1.82, 2.24) is 10.3 Å². The predicted octanol–water partition coefficient (Wildman–Crippen LogP) is 4.29. The average molecular weight is 368 g/mol. The molecule has 1 N–H and O–H groups in total. The number of methoxy groups -OCH3 is 1. The van der Waals surface area contributed by atoms with Crippen molar-refractivity contribution >= 4 is 23.3 Å². The third-order valence-corrected chi connectivity index (χ3v) is 4.75. The highest BCUT2D eigenvalue weighted by molar-refractivity contribution is 7.16. The third-order valence-electron chi connectivity index (χ3n) is 3.65. The fourth-order valence-electron chi connectivity index (χ4n) is 2.35. The summed E-state index contributed by atoms with van der Waals surface area (Å²) in [5, 5.41) is 2.81. The quantitative estimate of drug-likeness (QED) is 0.661. The number of thiophene rings is 1. The van der Waals surface area contributed by atoms with Gasteiger partial charge in [0, 0.05) is 34.1 Å². The van der Waals surface area contributed by atoms with E-state index in [1.165, 1.54) is 29.5 Å². The first kappa shape index (κ1) is 17.8. The van der Waals surface area contributed by atoms with Crippen molar-refractivity contribution in [3.63, 3.8) is 0 Å². The van der Waals surface area contributed by atoms with Crippen LogP contribution < -0.4 is 10.1 Å². The Labute approximate surface area is 155 Å². The minimum Gasteiger partial charge on any atom is -0.481 e. The summed E-state index contributed by atoms with van der Waals surface area (Å²) in [6, 6.07) is 13.9. The van der Waals surface area contributed by atoms with Gasteiger partial charge in [-0.25, -0.2) is 9.37 Å². The van der Waals surface area contributed by atoms with Crippen molar-refractivity contribution in [3.05, 3.63) is 77.1 Å². The molecule has 3 rings (SSSR count). The summed E-state index contributed by atoms with van der Waals surface area (Å²) in [7, 11) is 1.54. The summed E-state index contributed by atoms with van der Waals surface area (Å²) in [6.07, 6.45) is 4.89. The Morgan fingerprint density at radius 3 is 2.81 bits per heavy atom. The Bertz CT molecular complexity index is 920. The number of nitrogens with zero attached hydrogens (tertiary/aromatic N) is 1. The molecule has 0 aliphatic carbocycles. The fraction of sp³-hybridized carbons (Fsp3) is 0.100. The Kier molecular flexibility index (Phi) is 5.76. The van der Waals surface area contributed by atoms with Gasteiger partial charge in [0.05, 0.1) is 7.11 Å². The van der Waals surface area contributed by atoms with Gasteiger partial charge in [-0.2, -0.15) is 0 Å². The molecule has 2 aromatic heterocycles. The van der Waals surface area contributed by atoms with Crippen LogP contribution in [0.3, 0.4) is 0 Å². The zero-order chi connectivity index (χ0) is 18.4. The van der Waals surface area contributed by atoms with Gasteiger partial charge in [-0.05, 0) is 42.0 Å². The Hall–Kier alpha value is -2.99. The van der Waals surface area contributed by atoms with Crippen LogP contribution in [0, 0.1) is 5.82 Å². The second-order valence-corrected chi connectivity index (χ2v) is 6.55. The van der Waals surface area contributed by atoms with E-state index in [1.54, 1.807) is 37.6 Å². The summed E-state index contributed by atoms with van der Waals surface area (Å²) in [5.74, 6) is 0.0407. The molecular formula is C20H17FN2O2S. The van der Waals surface area contributed by atoms with E-state index >= 15 is 0 Å². The molecule has 0 atom stereocenters. The Balaban J connectivity index is 1.59. The maximum atomic E-state index is 13.0. The van der Waals surface area contributed by atoms with Crippen molar-refractivity contribution in [2.75, 3.05) is 7.11 Å². The van der Waals surface area contributed by atoms with Crippen LogP contribution in [0.1, 0.15) is 10.4 Å². The minimum absolute atomic E-state index is 0.201.